The Labute approximate surface area is 222 Å². The summed E-state index contributed by atoms with van der Waals surface area (Å²) < 4.78 is 0. The molecule has 10 nitrogen and oxygen atoms in total. The Hall–Kier alpha value is -2.81. The Morgan fingerprint density at radius 3 is 2.49 bits per heavy atom. The van der Waals surface area contributed by atoms with E-state index in [0.717, 1.165) is 44.1 Å². The van der Waals surface area contributed by atoms with E-state index >= 15 is 0 Å². The molecule has 4 rings (SSSR count). The number of nitriles is 1. The number of rotatable bonds is 11. The number of nitrogens with one attached hydrogen (secondary N) is 2. The van der Waals surface area contributed by atoms with Gasteiger partial charge in [-0.05, 0) is 44.7 Å². The van der Waals surface area contributed by atoms with Crippen molar-refractivity contribution in [3.8, 4) is 6.07 Å². The van der Waals surface area contributed by atoms with Crippen molar-refractivity contribution in [2.75, 3.05) is 63.5 Å². The van der Waals surface area contributed by atoms with Crippen LogP contribution < -0.4 is 10.6 Å². The molecule has 3 aliphatic rings. The summed E-state index contributed by atoms with van der Waals surface area (Å²) in [5, 5.41) is 24.7. The van der Waals surface area contributed by atoms with Gasteiger partial charge in [0.25, 0.3) is 0 Å². The second-order valence-electron chi connectivity index (χ2n) is 9.96. The van der Waals surface area contributed by atoms with Crippen LogP contribution in [-0.2, 0) is 14.4 Å². The van der Waals surface area contributed by atoms with Crippen molar-refractivity contribution < 1.29 is 19.5 Å². The van der Waals surface area contributed by atoms with Gasteiger partial charge in [0, 0.05) is 80.8 Å². The van der Waals surface area contributed by atoms with Gasteiger partial charge in [-0.25, -0.2) is 0 Å². The van der Waals surface area contributed by atoms with Crippen molar-refractivity contribution >= 4 is 40.9 Å². The molecular weight excluding hydrogens is 492 g/mol. The molecule has 2 saturated heterocycles. The number of anilines is 2. The van der Waals surface area contributed by atoms with Gasteiger partial charge >= 0.3 is 5.97 Å². The Kier molecular flexibility index (Phi) is 8.95. The molecule has 0 bridgehead atoms. The number of carbonyl (C=O) groups excluding carboxylic acids is 2. The van der Waals surface area contributed by atoms with Crippen LogP contribution in [0, 0.1) is 23.2 Å². The lowest BCUT2D eigenvalue weighted by atomic mass is 10.1. The molecule has 11 heteroatoms. The first-order valence-electron chi connectivity index (χ1n) is 13.0. The number of thioether (sulfide) groups is 1. The summed E-state index contributed by atoms with van der Waals surface area (Å²) in [6.45, 7) is 7.82. The number of hydrogen-bond acceptors (Lipinski definition) is 8. The fourth-order valence-corrected chi connectivity index (χ4v) is 7.03. The highest BCUT2D eigenvalue weighted by Crippen LogP contribution is 2.55. The van der Waals surface area contributed by atoms with Crippen molar-refractivity contribution in [1.82, 2.24) is 14.7 Å². The van der Waals surface area contributed by atoms with Gasteiger partial charge in [-0.2, -0.15) is 5.26 Å². The van der Waals surface area contributed by atoms with Gasteiger partial charge in [-0.1, -0.05) is 0 Å². The van der Waals surface area contributed by atoms with Crippen LogP contribution in [0.3, 0.4) is 0 Å². The Morgan fingerprint density at radius 1 is 1.19 bits per heavy atom. The zero-order chi connectivity index (χ0) is 26.5. The number of piperazine rings is 1. The lowest BCUT2D eigenvalue weighted by Crippen LogP contribution is -2.45. The predicted molar refractivity (Wildman–Crippen MR) is 143 cm³/mol. The van der Waals surface area contributed by atoms with Gasteiger partial charge in [0.05, 0.1) is 11.3 Å². The summed E-state index contributed by atoms with van der Waals surface area (Å²) >= 11 is 1.52. The molecule has 1 aromatic rings. The van der Waals surface area contributed by atoms with E-state index in [1.54, 1.807) is 4.90 Å². The van der Waals surface area contributed by atoms with E-state index in [9.17, 15) is 24.8 Å². The van der Waals surface area contributed by atoms with E-state index < -0.39 is 11.9 Å². The van der Waals surface area contributed by atoms with Gasteiger partial charge in [0.2, 0.25) is 11.8 Å². The third-order valence-corrected chi connectivity index (χ3v) is 9.17. The number of aliphatic carboxylic acids is 1. The molecule has 2 heterocycles. The molecule has 2 amide bonds. The van der Waals surface area contributed by atoms with E-state index in [-0.39, 0.29) is 34.3 Å². The van der Waals surface area contributed by atoms with E-state index in [1.165, 1.54) is 11.8 Å². The van der Waals surface area contributed by atoms with Crippen LogP contribution >= 0.6 is 11.8 Å². The Morgan fingerprint density at radius 2 is 1.86 bits per heavy atom. The standard InChI is InChI=1S/C26H36N6O4S/c1-3-32-23-22(19(16-27)26(35)36)24(23)37-20(25(32)34)8-10-28-17-4-6-18(7-5-17)29-21(33)9-11-31-14-12-30(2)13-15-31/h4-7,19-20,22-24,28H,3,8-15H2,1-2H3,(H,29,33)(H,35,36). The summed E-state index contributed by atoms with van der Waals surface area (Å²) in [4.78, 5) is 43.1. The third kappa shape index (κ3) is 6.55. The van der Waals surface area contributed by atoms with Crippen molar-refractivity contribution in [1.29, 1.82) is 5.26 Å². The summed E-state index contributed by atoms with van der Waals surface area (Å²) in [7, 11) is 2.11. The monoisotopic (exact) mass is 528 g/mol. The first-order chi connectivity index (χ1) is 17.8. The van der Waals surface area contributed by atoms with Crippen LogP contribution in [0.2, 0.25) is 0 Å². The zero-order valence-electron chi connectivity index (χ0n) is 21.4. The van der Waals surface area contributed by atoms with Crippen LogP contribution in [-0.4, -0.2) is 107 Å². The molecule has 200 valence electrons. The maximum atomic E-state index is 13.0. The summed E-state index contributed by atoms with van der Waals surface area (Å²) in [6.07, 6.45) is 1.07. The van der Waals surface area contributed by atoms with Gasteiger partial charge in [-0.15, -0.1) is 11.8 Å². The molecule has 5 unspecified atom stereocenters. The molecular formula is C26H36N6O4S. The van der Waals surface area contributed by atoms with Gasteiger partial charge in [0.1, 0.15) is 5.92 Å². The van der Waals surface area contributed by atoms with Gasteiger partial charge in [0.15, 0.2) is 0 Å². The number of carbonyl (C=O) groups is 3. The Bertz CT molecular complexity index is 1020. The second-order valence-corrected chi connectivity index (χ2v) is 11.3. The molecule has 3 fully saturated rings. The molecule has 1 saturated carbocycles. The van der Waals surface area contributed by atoms with E-state index in [1.807, 2.05) is 37.3 Å². The smallest absolute Gasteiger partial charge is 0.321 e. The minimum atomic E-state index is -1.11. The number of fused-ring (bicyclic) bond motifs is 1. The first kappa shape index (κ1) is 27.2. The SMILES string of the molecule is CCN1C(=O)C(CCNc2ccc(NC(=O)CCN3CCN(C)CC3)cc2)SC2C(C(C#N)C(=O)O)C21. The summed E-state index contributed by atoms with van der Waals surface area (Å²) in [6, 6.07) is 9.29. The molecule has 37 heavy (non-hydrogen) atoms. The molecule has 0 aromatic heterocycles. The molecule has 0 radical (unpaired) electrons. The van der Waals surface area contributed by atoms with E-state index in [2.05, 4.69) is 27.5 Å². The first-order valence-corrected chi connectivity index (χ1v) is 13.9. The van der Waals surface area contributed by atoms with Crippen LogP contribution in [0.15, 0.2) is 24.3 Å². The largest absolute Gasteiger partial charge is 0.480 e. The van der Waals surface area contributed by atoms with Gasteiger partial charge < -0.3 is 30.4 Å². The number of likely N-dealkylation sites (N-methyl/N-ethyl adjacent to an activating group) is 1. The fourth-order valence-electron chi connectivity index (χ4n) is 5.25. The zero-order valence-corrected chi connectivity index (χ0v) is 22.2. The van der Waals surface area contributed by atoms with Crippen molar-refractivity contribution in [3.05, 3.63) is 24.3 Å². The number of amides is 2. The highest BCUT2D eigenvalue weighted by molar-refractivity contribution is 8.01. The average molecular weight is 529 g/mol. The van der Waals surface area contributed by atoms with Crippen LogP contribution in [0.25, 0.3) is 0 Å². The highest BCUT2D eigenvalue weighted by atomic mass is 32.2. The molecule has 0 spiro atoms. The molecule has 5 atom stereocenters. The third-order valence-electron chi connectivity index (χ3n) is 7.50. The van der Waals surface area contributed by atoms with Crippen LogP contribution in [0.5, 0.6) is 0 Å². The summed E-state index contributed by atoms with van der Waals surface area (Å²) in [5.41, 5.74) is 1.65. The van der Waals surface area contributed by atoms with E-state index in [0.29, 0.717) is 25.9 Å². The van der Waals surface area contributed by atoms with E-state index in [4.69, 9.17) is 0 Å². The van der Waals surface area contributed by atoms with Crippen LogP contribution in [0.1, 0.15) is 19.8 Å². The minimum Gasteiger partial charge on any atom is -0.480 e. The highest BCUT2D eigenvalue weighted by Gasteiger charge is 2.64. The molecule has 2 aliphatic heterocycles. The molecule has 3 N–H and O–H groups in total. The maximum absolute atomic E-state index is 13.0. The summed E-state index contributed by atoms with van der Waals surface area (Å²) in [5.74, 6) is -2.47. The fraction of sp³-hybridized carbons (Fsp3) is 0.615. The Balaban J connectivity index is 1.20. The topological polar surface area (TPSA) is 129 Å². The molecule has 1 aliphatic carbocycles. The van der Waals surface area contributed by atoms with Crippen molar-refractivity contribution in [2.45, 2.75) is 36.3 Å². The number of nitrogens with zero attached hydrogens (tertiary/aromatic N) is 4. The maximum Gasteiger partial charge on any atom is 0.321 e. The number of hydrogen-bond donors (Lipinski definition) is 3. The van der Waals surface area contributed by atoms with Crippen molar-refractivity contribution in [3.63, 3.8) is 0 Å². The van der Waals surface area contributed by atoms with Crippen LogP contribution in [0.4, 0.5) is 11.4 Å². The lowest BCUT2D eigenvalue weighted by molar-refractivity contribution is -0.141. The normalized spacial score (nSPS) is 26.6. The second kappa shape index (κ2) is 12.2. The molecule has 1 aromatic carbocycles. The quantitative estimate of drug-likeness (QED) is 0.392. The number of carboxylic acids is 1. The minimum absolute atomic E-state index is 0.00236. The van der Waals surface area contributed by atoms with Crippen molar-refractivity contribution in [2.24, 2.45) is 11.8 Å². The number of benzene rings is 1. The lowest BCUT2D eigenvalue weighted by Gasteiger charge is -2.32. The predicted octanol–water partition coefficient (Wildman–Crippen LogP) is 1.62. The average Bonchev–Trinajstić information content (AvgIpc) is 3.58. The van der Waals surface area contributed by atoms with Gasteiger partial charge in [-0.3, -0.25) is 14.4 Å². The number of carboxylic acid groups (broad SMARTS) is 1.